The molecule has 0 unspecified atom stereocenters. The van der Waals surface area contributed by atoms with Crippen LogP contribution in [0.3, 0.4) is 0 Å². The quantitative estimate of drug-likeness (QED) is 0.431. The summed E-state index contributed by atoms with van der Waals surface area (Å²) in [4.78, 5) is 29.7. The van der Waals surface area contributed by atoms with Crippen LogP contribution in [-0.4, -0.2) is 68.4 Å². The Morgan fingerprint density at radius 3 is 2.55 bits per heavy atom. The zero-order chi connectivity index (χ0) is 22.1. The molecule has 4 heterocycles. The normalized spacial score (nSPS) is 13.7. The fraction of sp³-hybridized carbons (Fsp3) is 0.250. The van der Waals surface area contributed by atoms with Gasteiger partial charge in [-0.15, -0.1) is 11.8 Å². The van der Waals surface area contributed by atoms with Crippen molar-refractivity contribution in [2.24, 2.45) is 0 Å². The van der Waals surface area contributed by atoms with Crippen LogP contribution in [-0.2, 0) is 4.74 Å². The number of pyridine rings is 1. The van der Waals surface area contributed by atoms with E-state index in [0.717, 1.165) is 32.7 Å². The molecule has 1 aromatic carbocycles. The van der Waals surface area contributed by atoms with E-state index in [1.54, 1.807) is 24.2 Å². The van der Waals surface area contributed by atoms with E-state index in [-0.39, 0.29) is 11.4 Å². The Morgan fingerprint density at radius 1 is 1.09 bits per heavy atom. The number of aromatic nitrogens is 4. The number of rotatable bonds is 4. The predicted octanol–water partition coefficient (Wildman–Crippen LogP) is 3.16. The average molecular weight is 464 g/mol. The standard InChI is InChI=1S/C24H23N5O2S.H2O/c1-16-4-3-5-20(27-16)18-13-25-24(26-14-18)29-15-22(32-2)19-7-6-17(12-21(19)29)23(30)28-8-10-31-11-9-28;/h3-7,12-15H,8-11H2,1-2H3;1H2. The molecule has 2 N–H and O–H groups in total. The first-order valence-electron chi connectivity index (χ1n) is 10.5. The highest BCUT2D eigenvalue weighted by Crippen LogP contribution is 2.31. The third-order valence-corrected chi connectivity index (χ3v) is 6.34. The lowest BCUT2D eigenvalue weighted by Crippen LogP contribution is -2.40. The molecule has 3 aromatic heterocycles. The number of benzene rings is 1. The number of nitrogens with zero attached hydrogens (tertiary/aromatic N) is 5. The fourth-order valence-corrected chi connectivity index (χ4v) is 4.49. The smallest absolute Gasteiger partial charge is 0.254 e. The molecule has 0 radical (unpaired) electrons. The van der Waals surface area contributed by atoms with Gasteiger partial charge in [-0.1, -0.05) is 12.1 Å². The zero-order valence-corrected chi connectivity index (χ0v) is 19.3. The van der Waals surface area contributed by atoms with Crippen LogP contribution >= 0.6 is 11.8 Å². The molecule has 9 heteroatoms. The van der Waals surface area contributed by atoms with Gasteiger partial charge in [0, 0.05) is 58.8 Å². The second kappa shape index (κ2) is 9.70. The lowest BCUT2D eigenvalue weighted by Gasteiger charge is -2.26. The maximum absolute atomic E-state index is 13.0. The number of carbonyl (C=O) groups excluding carboxylic acids is 1. The van der Waals surface area contributed by atoms with Crippen molar-refractivity contribution in [3.63, 3.8) is 0 Å². The maximum Gasteiger partial charge on any atom is 0.254 e. The van der Waals surface area contributed by atoms with E-state index < -0.39 is 0 Å². The lowest BCUT2D eigenvalue weighted by atomic mass is 10.1. The summed E-state index contributed by atoms with van der Waals surface area (Å²) in [5, 5.41) is 1.07. The third kappa shape index (κ3) is 4.47. The Bertz CT molecular complexity index is 1280. The Balaban J connectivity index is 0.00000259. The molecule has 33 heavy (non-hydrogen) atoms. The van der Waals surface area contributed by atoms with Gasteiger partial charge in [0.05, 0.1) is 24.4 Å². The summed E-state index contributed by atoms with van der Waals surface area (Å²) in [5.74, 6) is 0.582. The summed E-state index contributed by atoms with van der Waals surface area (Å²) in [6, 6.07) is 11.7. The molecule has 0 spiro atoms. The largest absolute Gasteiger partial charge is 0.412 e. The van der Waals surface area contributed by atoms with Crippen LogP contribution in [0.2, 0.25) is 0 Å². The minimum absolute atomic E-state index is 0. The first-order chi connectivity index (χ1) is 15.6. The second-order valence-corrected chi connectivity index (χ2v) is 8.49. The van der Waals surface area contributed by atoms with Crippen molar-refractivity contribution >= 4 is 28.6 Å². The van der Waals surface area contributed by atoms with Crippen molar-refractivity contribution in [3.8, 4) is 17.2 Å². The minimum Gasteiger partial charge on any atom is -0.412 e. The first-order valence-corrected chi connectivity index (χ1v) is 11.7. The van der Waals surface area contributed by atoms with E-state index in [1.807, 2.05) is 65.2 Å². The summed E-state index contributed by atoms with van der Waals surface area (Å²) < 4.78 is 7.33. The average Bonchev–Trinajstić information content (AvgIpc) is 3.22. The van der Waals surface area contributed by atoms with Crippen molar-refractivity contribution in [1.82, 2.24) is 24.4 Å². The van der Waals surface area contributed by atoms with Gasteiger partial charge in [-0.3, -0.25) is 14.3 Å². The Kier molecular flexibility index (Phi) is 6.73. The van der Waals surface area contributed by atoms with E-state index in [0.29, 0.717) is 37.8 Å². The van der Waals surface area contributed by atoms with Crippen LogP contribution < -0.4 is 0 Å². The van der Waals surface area contributed by atoms with Gasteiger partial charge in [0.1, 0.15) is 0 Å². The Hall–Kier alpha value is -3.27. The summed E-state index contributed by atoms with van der Waals surface area (Å²) in [5.41, 5.74) is 4.23. The zero-order valence-electron chi connectivity index (χ0n) is 18.5. The molecular formula is C24H25N5O3S. The van der Waals surface area contributed by atoms with Crippen LogP contribution in [0.1, 0.15) is 16.1 Å². The van der Waals surface area contributed by atoms with E-state index in [9.17, 15) is 4.79 Å². The number of carbonyl (C=O) groups is 1. The summed E-state index contributed by atoms with van der Waals surface area (Å²) in [6.07, 6.45) is 7.65. The van der Waals surface area contributed by atoms with E-state index in [1.165, 1.54) is 0 Å². The highest BCUT2D eigenvalue weighted by atomic mass is 32.2. The number of aryl methyl sites for hydroxylation is 1. The van der Waals surface area contributed by atoms with E-state index >= 15 is 0 Å². The first kappa shape index (κ1) is 22.9. The van der Waals surface area contributed by atoms with E-state index in [2.05, 4.69) is 15.0 Å². The fourth-order valence-electron chi connectivity index (χ4n) is 3.89. The van der Waals surface area contributed by atoms with Crippen molar-refractivity contribution in [1.29, 1.82) is 0 Å². The molecule has 0 bridgehead atoms. The Morgan fingerprint density at radius 2 is 1.85 bits per heavy atom. The third-order valence-electron chi connectivity index (χ3n) is 5.57. The highest BCUT2D eigenvalue weighted by molar-refractivity contribution is 7.98. The molecule has 5 rings (SSSR count). The van der Waals surface area contributed by atoms with Crippen LogP contribution in [0, 0.1) is 6.92 Å². The molecule has 4 aromatic rings. The molecule has 170 valence electrons. The molecular weight excluding hydrogens is 438 g/mol. The Labute approximate surface area is 195 Å². The van der Waals surface area contributed by atoms with Gasteiger partial charge in [-0.05, 0) is 37.4 Å². The van der Waals surface area contributed by atoms with Gasteiger partial charge < -0.3 is 15.1 Å². The van der Waals surface area contributed by atoms with Crippen LogP contribution in [0.25, 0.3) is 28.1 Å². The van der Waals surface area contributed by atoms with Crippen molar-refractivity contribution in [2.75, 3.05) is 32.6 Å². The van der Waals surface area contributed by atoms with E-state index in [4.69, 9.17) is 4.74 Å². The number of ether oxygens (including phenoxy) is 1. The van der Waals surface area contributed by atoms with Gasteiger partial charge in [0.25, 0.3) is 5.91 Å². The lowest BCUT2D eigenvalue weighted by molar-refractivity contribution is 0.0303. The highest BCUT2D eigenvalue weighted by Gasteiger charge is 2.20. The monoisotopic (exact) mass is 463 g/mol. The van der Waals surface area contributed by atoms with Crippen molar-refractivity contribution in [2.45, 2.75) is 11.8 Å². The van der Waals surface area contributed by atoms with Crippen LogP contribution in [0.15, 0.2) is 59.9 Å². The summed E-state index contributed by atoms with van der Waals surface area (Å²) in [7, 11) is 0. The van der Waals surface area contributed by atoms with Gasteiger partial charge in [0.2, 0.25) is 5.95 Å². The molecule has 0 aliphatic carbocycles. The SMILES string of the molecule is CSc1cn(-c2ncc(-c3cccc(C)n3)cn2)c2cc(C(=O)N3CCOCC3)ccc12.O. The topological polar surface area (TPSA) is 105 Å². The van der Waals surface area contributed by atoms with Gasteiger partial charge in [-0.2, -0.15) is 0 Å². The number of thioether (sulfide) groups is 1. The number of amides is 1. The van der Waals surface area contributed by atoms with Gasteiger partial charge >= 0.3 is 0 Å². The molecule has 8 nitrogen and oxygen atoms in total. The number of morpholine rings is 1. The summed E-state index contributed by atoms with van der Waals surface area (Å²) in [6.45, 7) is 4.36. The number of fused-ring (bicyclic) bond motifs is 1. The van der Waals surface area contributed by atoms with Gasteiger partial charge in [0.15, 0.2) is 0 Å². The number of hydrogen-bond acceptors (Lipinski definition) is 6. The molecule has 0 saturated carbocycles. The van der Waals surface area contributed by atoms with Gasteiger partial charge in [-0.25, -0.2) is 9.97 Å². The van der Waals surface area contributed by atoms with Crippen molar-refractivity contribution in [3.05, 3.63) is 66.2 Å². The van der Waals surface area contributed by atoms with Crippen LogP contribution in [0.5, 0.6) is 0 Å². The summed E-state index contributed by atoms with van der Waals surface area (Å²) >= 11 is 1.66. The minimum atomic E-state index is 0. The molecule has 0 atom stereocenters. The van der Waals surface area contributed by atoms with Crippen molar-refractivity contribution < 1.29 is 15.0 Å². The second-order valence-electron chi connectivity index (χ2n) is 7.64. The molecule has 1 aliphatic rings. The maximum atomic E-state index is 13.0. The molecule has 1 aliphatic heterocycles. The predicted molar refractivity (Wildman–Crippen MR) is 129 cm³/mol. The molecule has 1 amide bonds. The van der Waals surface area contributed by atoms with Crippen LogP contribution in [0.4, 0.5) is 0 Å². The molecule has 1 saturated heterocycles. The molecule has 1 fully saturated rings. The number of hydrogen-bond donors (Lipinski definition) is 0.